The molecule has 0 fully saturated rings. The molecule has 6 heteroatoms. The number of rotatable bonds is 6. The molecule has 0 aliphatic carbocycles. The molecule has 0 saturated heterocycles. The van der Waals surface area contributed by atoms with Crippen molar-refractivity contribution in [3.63, 3.8) is 0 Å². The van der Waals surface area contributed by atoms with Gasteiger partial charge in [0.2, 0.25) is 5.91 Å². The van der Waals surface area contributed by atoms with Gasteiger partial charge in [-0.2, -0.15) is 0 Å². The number of nitrogens with zero attached hydrogens (tertiary/aromatic N) is 2. The average molecular weight is 370 g/mol. The van der Waals surface area contributed by atoms with Crippen LogP contribution >= 0.6 is 0 Å². The van der Waals surface area contributed by atoms with Crippen molar-refractivity contribution < 1.29 is 9.59 Å². The van der Waals surface area contributed by atoms with Gasteiger partial charge in [0.1, 0.15) is 5.84 Å². The van der Waals surface area contributed by atoms with Crippen molar-refractivity contribution in [2.75, 3.05) is 0 Å². The summed E-state index contributed by atoms with van der Waals surface area (Å²) in [5.74, 6) is -0.243. The molecular weight excluding hydrogens is 352 g/mol. The molecule has 0 aliphatic heterocycles. The van der Waals surface area contributed by atoms with Crippen LogP contribution in [0.15, 0.2) is 82.8 Å². The SMILES string of the molecule is NC(=O)c1ccccc1C=Nc1ccc(N=C(N)c2ccccc2C=O)cc1. The summed E-state index contributed by atoms with van der Waals surface area (Å²) < 4.78 is 0. The first-order valence-corrected chi connectivity index (χ1v) is 8.50. The van der Waals surface area contributed by atoms with Crippen molar-refractivity contribution in [3.8, 4) is 0 Å². The summed E-state index contributed by atoms with van der Waals surface area (Å²) >= 11 is 0. The fourth-order valence-corrected chi connectivity index (χ4v) is 2.62. The summed E-state index contributed by atoms with van der Waals surface area (Å²) in [5, 5.41) is 0. The summed E-state index contributed by atoms with van der Waals surface area (Å²) in [4.78, 5) is 31.3. The second-order valence-corrected chi connectivity index (χ2v) is 5.93. The molecule has 0 radical (unpaired) electrons. The minimum absolute atomic E-state index is 0.259. The molecule has 0 spiro atoms. The predicted molar refractivity (Wildman–Crippen MR) is 111 cm³/mol. The zero-order valence-electron chi connectivity index (χ0n) is 14.9. The van der Waals surface area contributed by atoms with E-state index in [1.807, 2.05) is 6.07 Å². The van der Waals surface area contributed by atoms with E-state index in [2.05, 4.69) is 9.98 Å². The van der Waals surface area contributed by atoms with Gasteiger partial charge in [-0.25, -0.2) is 4.99 Å². The molecule has 3 aromatic rings. The summed E-state index contributed by atoms with van der Waals surface area (Å²) in [6.07, 6.45) is 2.34. The van der Waals surface area contributed by atoms with E-state index in [0.29, 0.717) is 33.6 Å². The normalized spacial score (nSPS) is 11.5. The molecule has 6 nitrogen and oxygen atoms in total. The number of aliphatic imine (C=N–C) groups is 2. The summed E-state index contributed by atoms with van der Waals surface area (Å²) in [5.41, 5.74) is 14.9. The monoisotopic (exact) mass is 370 g/mol. The van der Waals surface area contributed by atoms with Crippen molar-refractivity contribution >= 4 is 35.6 Å². The molecule has 3 rings (SSSR count). The molecule has 0 aromatic heterocycles. The minimum atomic E-state index is -0.502. The fraction of sp³-hybridized carbons (Fsp3) is 0. The van der Waals surface area contributed by atoms with Gasteiger partial charge in [-0.15, -0.1) is 0 Å². The van der Waals surface area contributed by atoms with E-state index in [-0.39, 0.29) is 5.84 Å². The van der Waals surface area contributed by atoms with Crippen LogP contribution in [0.25, 0.3) is 0 Å². The first-order valence-electron chi connectivity index (χ1n) is 8.50. The van der Waals surface area contributed by atoms with E-state index in [0.717, 1.165) is 6.29 Å². The quantitative estimate of drug-likeness (QED) is 0.394. The second-order valence-electron chi connectivity index (χ2n) is 5.93. The molecular formula is C22H18N4O2. The number of nitrogens with two attached hydrogens (primary N) is 2. The Bertz CT molecular complexity index is 1070. The highest BCUT2D eigenvalue weighted by Crippen LogP contribution is 2.20. The van der Waals surface area contributed by atoms with Gasteiger partial charge in [0.25, 0.3) is 0 Å². The van der Waals surface area contributed by atoms with Crippen LogP contribution in [0.3, 0.4) is 0 Å². The van der Waals surface area contributed by atoms with Crippen molar-refractivity contribution in [1.29, 1.82) is 0 Å². The number of aldehydes is 1. The predicted octanol–water partition coefficient (Wildman–Crippen LogP) is 3.39. The minimum Gasteiger partial charge on any atom is -0.383 e. The Hall–Kier alpha value is -4.06. The third-order valence-corrected chi connectivity index (χ3v) is 4.04. The third-order valence-electron chi connectivity index (χ3n) is 4.04. The number of hydrogen-bond acceptors (Lipinski definition) is 4. The van der Waals surface area contributed by atoms with Crippen molar-refractivity contribution in [2.24, 2.45) is 21.5 Å². The Morgan fingerprint density at radius 1 is 0.750 bits per heavy atom. The number of carbonyl (C=O) groups excluding carboxylic acids is 2. The maximum absolute atomic E-state index is 11.5. The van der Waals surface area contributed by atoms with Gasteiger partial charge in [0.15, 0.2) is 6.29 Å². The summed E-state index contributed by atoms with van der Waals surface area (Å²) in [6.45, 7) is 0. The first-order chi connectivity index (χ1) is 13.6. The van der Waals surface area contributed by atoms with E-state index < -0.39 is 5.91 Å². The van der Waals surface area contributed by atoms with E-state index in [4.69, 9.17) is 11.5 Å². The lowest BCUT2D eigenvalue weighted by atomic mass is 10.1. The lowest BCUT2D eigenvalue weighted by Crippen LogP contribution is -2.15. The molecule has 0 saturated carbocycles. The number of benzene rings is 3. The van der Waals surface area contributed by atoms with Crippen LogP contribution in [0.1, 0.15) is 31.8 Å². The smallest absolute Gasteiger partial charge is 0.249 e. The van der Waals surface area contributed by atoms with Gasteiger partial charge in [0, 0.05) is 28.5 Å². The molecule has 0 unspecified atom stereocenters. The highest BCUT2D eigenvalue weighted by molar-refractivity contribution is 6.05. The van der Waals surface area contributed by atoms with Crippen molar-refractivity contribution in [2.45, 2.75) is 0 Å². The Balaban J connectivity index is 1.81. The van der Waals surface area contributed by atoms with Gasteiger partial charge in [0.05, 0.1) is 11.4 Å². The number of amidine groups is 1. The number of carbonyl (C=O) groups is 2. The zero-order valence-corrected chi connectivity index (χ0v) is 14.9. The van der Waals surface area contributed by atoms with Gasteiger partial charge >= 0.3 is 0 Å². The molecule has 1 amide bonds. The number of amides is 1. The molecule has 28 heavy (non-hydrogen) atoms. The van der Waals surface area contributed by atoms with Crippen molar-refractivity contribution in [3.05, 3.63) is 95.1 Å². The van der Waals surface area contributed by atoms with Gasteiger partial charge in [-0.1, -0.05) is 42.5 Å². The Morgan fingerprint density at radius 3 is 1.96 bits per heavy atom. The van der Waals surface area contributed by atoms with E-state index in [1.54, 1.807) is 72.9 Å². The van der Waals surface area contributed by atoms with Crippen LogP contribution in [0.5, 0.6) is 0 Å². The first kappa shape index (κ1) is 18.7. The number of hydrogen-bond donors (Lipinski definition) is 2. The fourth-order valence-electron chi connectivity index (χ4n) is 2.62. The highest BCUT2D eigenvalue weighted by Gasteiger charge is 2.06. The lowest BCUT2D eigenvalue weighted by molar-refractivity contribution is 0.0999. The van der Waals surface area contributed by atoms with Crippen LogP contribution in [-0.4, -0.2) is 24.2 Å². The van der Waals surface area contributed by atoms with Crippen LogP contribution < -0.4 is 11.5 Å². The Kier molecular flexibility index (Phi) is 5.72. The van der Waals surface area contributed by atoms with Gasteiger partial charge in [-0.3, -0.25) is 14.6 Å². The summed E-state index contributed by atoms with van der Waals surface area (Å²) in [6, 6.07) is 21.1. The molecule has 0 aliphatic rings. The van der Waals surface area contributed by atoms with Crippen LogP contribution in [0.2, 0.25) is 0 Å². The average Bonchev–Trinajstić information content (AvgIpc) is 2.73. The lowest BCUT2D eigenvalue weighted by Gasteiger charge is -2.04. The maximum Gasteiger partial charge on any atom is 0.249 e. The van der Waals surface area contributed by atoms with E-state index in [1.165, 1.54) is 0 Å². The van der Waals surface area contributed by atoms with Crippen LogP contribution in [-0.2, 0) is 0 Å². The van der Waals surface area contributed by atoms with Crippen molar-refractivity contribution in [1.82, 2.24) is 0 Å². The molecule has 0 bridgehead atoms. The largest absolute Gasteiger partial charge is 0.383 e. The van der Waals surface area contributed by atoms with Gasteiger partial charge < -0.3 is 11.5 Å². The Morgan fingerprint density at radius 2 is 1.32 bits per heavy atom. The molecule has 4 N–H and O–H groups in total. The van der Waals surface area contributed by atoms with E-state index >= 15 is 0 Å². The molecule has 138 valence electrons. The topological polar surface area (TPSA) is 111 Å². The number of primary amides is 1. The molecule has 3 aromatic carbocycles. The van der Waals surface area contributed by atoms with E-state index in [9.17, 15) is 9.59 Å². The maximum atomic E-state index is 11.5. The second kappa shape index (κ2) is 8.55. The zero-order chi connectivity index (χ0) is 19.9. The molecule has 0 atom stereocenters. The third kappa shape index (κ3) is 4.37. The highest BCUT2D eigenvalue weighted by atomic mass is 16.1. The van der Waals surface area contributed by atoms with Gasteiger partial charge in [-0.05, 0) is 30.3 Å². The molecule has 0 heterocycles. The standard InChI is InChI=1S/C22H18N4O2/c23-21(19-7-3-2-6-16(19)14-27)26-18-11-9-17(10-12-18)25-13-15-5-1-4-8-20(15)22(24)28/h1-14H,(H2,23,26)(H2,24,28). The Labute approximate surface area is 162 Å². The van der Waals surface area contributed by atoms with Crippen LogP contribution in [0, 0.1) is 0 Å². The summed E-state index contributed by atoms with van der Waals surface area (Å²) in [7, 11) is 0. The van der Waals surface area contributed by atoms with Crippen LogP contribution in [0.4, 0.5) is 11.4 Å².